The molecule has 0 aliphatic rings. The molecule has 1 nitrogen and oxygen atoms in total. The van der Waals surface area contributed by atoms with Crippen molar-refractivity contribution < 1.29 is 4.39 Å². The summed E-state index contributed by atoms with van der Waals surface area (Å²) in [6.45, 7) is 5.69. The Morgan fingerprint density at radius 1 is 0.950 bits per heavy atom. The van der Waals surface area contributed by atoms with Crippen molar-refractivity contribution in [2.24, 2.45) is 0 Å². The first kappa shape index (κ1) is 15.2. The summed E-state index contributed by atoms with van der Waals surface area (Å²) in [4.78, 5) is 0. The van der Waals surface area contributed by atoms with Crippen LogP contribution in [0.25, 0.3) is 0 Å². The maximum absolute atomic E-state index is 13.8. The standard InChI is InChI=1S/C17H19BrFN/c1-10-7-13(5-6-15(10)18)17(20-4)14-8-11(2)16(19)12(3)9-14/h5-9,17,20H,1-4H3. The molecular weight excluding hydrogens is 317 g/mol. The average molecular weight is 336 g/mol. The highest BCUT2D eigenvalue weighted by Crippen LogP contribution is 2.28. The number of benzene rings is 2. The highest BCUT2D eigenvalue weighted by Gasteiger charge is 2.15. The average Bonchev–Trinajstić information content (AvgIpc) is 2.41. The highest BCUT2D eigenvalue weighted by atomic mass is 79.9. The summed E-state index contributed by atoms with van der Waals surface area (Å²) in [6.07, 6.45) is 0. The molecule has 1 atom stereocenters. The molecule has 0 saturated heterocycles. The van der Waals surface area contributed by atoms with E-state index in [4.69, 9.17) is 0 Å². The molecule has 106 valence electrons. The number of aryl methyl sites for hydroxylation is 3. The smallest absolute Gasteiger partial charge is 0.129 e. The molecule has 2 aromatic rings. The van der Waals surface area contributed by atoms with E-state index < -0.39 is 0 Å². The van der Waals surface area contributed by atoms with Crippen molar-refractivity contribution in [2.75, 3.05) is 7.05 Å². The van der Waals surface area contributed by atoms with E-state index in [0.717, 1.165) is 10.0 Å². The first-order valence-electron chi connectivity index (χ1n) is 6.64. The summed E-state index contributed by atoms with van der Waals surface area (Å²) in [5.41, 5.74) is 4.84. The molecule has 0 aromatic heterocycles. The number of nitrogens with one attached hydrogen (secondary N) is 1. The highest BCUT2D eigenvalue weighted by molar-refractivity contribution is 9.10. The summed E-state index contributed by atoms with van der Waals surface area (Å²) in [7, 11) is 1.93. The maximum atomic E-state index is 13.8. The number of hydrogen-bond donors (Lipinski definition) is 1. The Labute approximate surface area is 128 Å². The van der Waals surface area contributed by atoms with Crippen LogP contribution in [0, 0.1) is 26.6 Å². The molecular formula is C17H19BrFN. The van der Waals surface area contributed by atoms with Gasteiger partial charge in [0.2, 0.25) is 0 Å². The molecule has 2 aromatic carbocycles. The van der Waals surface area contributed by atoms with E-state index in [-0.39, 0.29) is 11.9 Å². The van der Waals surface area contributed by atoms with E-state index >= 15 is 0 Å². The fourth-order valence-corrected chi connectivity index (χ4v) is 2.77. The Bertz CT molecular complexity index is 614. The zero-order valence-corrected chi connectivity index (χ0v) is 13.8. The number of hydrogen-bond acceptors (Lipinski definition) is 1. The van der Waals surface area contributed by atoms with Gasteiger partial charge in [-0.2, -0.15) is 0 Å². The number of halogens is 2. The van der Waals surface area contributed by atoms with Crippen molar-refractivity contribution in [1.29, 1.82) is 0 Å². The van der Waals surface area contributed by atoms with Gasteiger partial charge >= 0.3 is 0 Å². The van der Waals surface area contributed by atoms with Gasteiger partial charge in [0.1, 0.15) is 5.82 Å². The summed E-state index contributed by atoms with van der Waals surface area (Å²) >= 11 is 3.52. The molecule has 0 spiro atoms. The molecule has 0 fully saturated rings. The normalized spacial score (nSPS) is 12.5. The Kier molecular flexibility index (Phi) is 4.61. The third-order valence-electron chi connectivity index (χ3n) is 3.60. The van der Waals surface area contributed by atoms with Crippen LogP contribution in [-0.2, 0) is 0 Å². The lowest BCUT2D eigenvalue weighted by Gasteiger charge is -2.20. The summed E-state index contributed by atoms with van der Waals surface area (Å²) in [5, 5.41) is 3.32. The quantitative estimate of drug-likeness (QED) is 0.847. The van der Waals surface area contributed by atoms with Gasteiger partial charge in [0.25, 0.3) is 0 Å². The van der Waals surface area contributed by atoms with Crippen molar-refractivity contribution in [3.8, 4) is 0 Å². The Hall–Kier alpha value is -1.19. The molecule has 0 amide bonds. The maximum Gasteiger partial charge on any atom is 0.129 e. The molecule has 0 saturated carbocycles. The summed E-state index contributed by atoms with van der Waals surface area (Å²) in [6, 6.07) is 10.2. The van der Waals surface area contributed by atoms with E-state index in [1.807, 2.05) is 33.0 Å². The largest absolute Gasteiger partial charge is 0.309 e. The van der Waals surface area contributed by atoms with Gasteiger partial charge in [-0.15, -0.1) is 0 Å². The van der Waals surface area contributed by atoms with Crippen molar-refractivity contribution in [2.45, 2.75) is 26.8 Å². The van der Waals surface area contributed by atoms with Crippen LogP contribution in [0.15, 0.2) is 34.8 Å². The molecule has 1 unspecified atom stereocenters. The fourth-order valence-electron chi connectivity index (χ4n) is 2.52. The first-order valence-corrected chi connectivity index (χ1v) is 7.43. The second kappa shape index (κ2) is 6.06. The lowest BCUT2D eigenvalue weighted by molar-refractivity contribution is 0.604. The van der Waals surface area contributed by atoms with Gasteiger partial charge in [-0.05, 0) is 61.7 Å². The molecule has 0 aliphatic heterocycles. The van der Waals surface area contributed by atoms with E-state index in [1.165, 1.54) is 11.1 Å². The Morgan fingerprint density at radius 3 is 2.00 bits per heavy atom. The monoisotopic (exact) mass is 335 g/mol. The first-order chi connectivity index (χ1) is 9.43. The van der Waals surface area contributed by atoms with Crippen LogP contribution in [0.5, 0.6) is 0 Å². The van der Waals surface area contributed by atoms with Crippen LogP contribution in [0.3, 0.4) is 0 Å². The minimum absolute atomic E-state index is 0.0693. The third kappa shape index (κ3) is 2.94. The Morgan fingerprint density at radius 2 is 1.50 bits per heavy atom. The second-order valence-corrected chi connectivity index (χ2v) is 6.05. The molecule has 0 heterocycles. The van der Waals surface area contributed by atoms with Crippen molar-refractivity contribution in [3.05, 3.63) is 68.4 Å². The number of rotatable bonds is 3. The Balaban J connectivity index is 2.49. The zero-order chi connectivity index (χ0) is 14.9. The third-order valence-corrected chi connectivity index (χ3v) is 4.49. The van der Waals surface area contributed by atoms with Gasteiger partial charge in [-0.25, -0.2) is 4.39 Å². The summed E-state index contributed by atoms with van der Waals surface area (Å²) < 4.78 is 14.9. The van der Waals surface area contributed by atoms with E-state index in [2.05, 4.69) is 46.4 Å². The minimum Gasteiger partial charge on any atom is -0.309 e. The van der Waals surface area contributed by atoms with E-state index in [9.17, 15) is 4.39 Å². The van der Waals surface area contributed by atoms with E-state index in [0.29, 0.717) is 11.1 Å². The predicted molar refractivity (Wildman–Crippen MR) is 85.7 cm³/mol. The van der Waals surface area contributed by atoms with Crippen molar-refractivity contribution in [1.82, 2.24) is 5.32 Å². The lowest BCUT2D eigenvalue weighted by Crippen LogP contribution is -2.18. The van der Waals surface area contributed by atoms with Crippen molar-refractivity contribution in [3.63, 3.8) is 0 Å². The molecule has 0 bridgehead atoms. The van der Waals surface area contributed by atoms with Gasteiger partial charge in [0.15, 0.2) is 0 Å². The fraction of sp³-hybridized carbons (Fsp3) is 0.294. The second-order valence-electron chi connectivity index (χ2n) is 5.20. The van der Waals surface area contributed by atoms with Gasteiger partial charge < -0.3 is 5.32 Å². The van der Waals surface area contributed by atoms with Crippen LogP contribution < -0.4 is 5.32 Å². The van der Waals surface area contributed by atoms with E-state index in [1.54, 1.807) is 0 Å². The van der Waals surface area contributed by atoms with Gasteiger partial charge in [-0.3, -0.25) is 0 Å². The van der Waals surface area contributed by atoms with Crippen molar-refractivity contribution >= 4 is 15.9 Å². The SMILES string of the molecule is CNC(c1ccc(Br)c(C)c1)c1cc(C)c(F)c(C)c1. The molecule has 3 heteroatoms. The molecule has 0 aliphatic carbocycles. The van der Waals surface area contributed by atoms with Gasteiger partial charge in [0.05, 0.1) is 6.04 Å². The van der Waals surface area contributed by atoms with Crippen LogP contribution in [0.1, 0.15) is 33.9 Å². The van der Waals surface area contributed by atoms with Gasteiger partial charge in [0, 0.05) is 4.47 Å². The lowest BCUT2D eigenvalue weighted by atomic mass is 9.94. The van der Waals surface area contributed by atoms with Gasteiger partial charge in [-0.1, -0.05) is 40.2 Å². The van der Waals surface area contributed by atoms with Crippen LogP contribution >= 0.6 is 15.9 Å². The van der Waals surface area contributed by atoms with Crippen LogP contribution in [0.4, 0.5) is 4.39 Å². The van der Waals surface area contributed by atoms with Crippen LogP contribution in [0.2, 0.25) is 0 Å². The minimum atomic E-state index is -0.115. The molecule has 0 radical (unpaired) electrons. The predicted octanol–water partition coefficient (Wildman–Crippen LogP) is 4.82. The molecule has 1 N–H and O–H groups in total. The summed E-state index contributed by atoms with van der Waals surface area (Å²) in [5.74, 6) is -0.115. The zero-order valence-electron chi connectivity index (χ0n) is 12.2. The topological polar surface area (TPSA) is 12.0 Å². The van der Waals surface area contributed by atoms with Crippen LogP contribution in [-0.4, -0.2) is 7.05 Å². The molecule has 20 heavy (non-hydrogen) atoms. The molecule has 2 rings (SSSR count).